The van der Waals surface area contributed by atoms with Crippen LogP contribution in [-0.2, 0) is 9.53 Å². The minimum atomic E-state index is -0.821. The van der Waals surface area contributed by atoms with Crippen LogP contribution in [0.2, 0.25) is 0 Å². The number of aliphatic hydroxyl groups excluding tert-OH is 1. The van der Waals surface area contributed by atoms with Crippen LogP contribution >= 0.6 is 0 Å². The van der Waals surface area contributed by atoms with Crippen LogP contribution in [0.15, 0.2) is 11.3 Å². The number of carbonyl (C=O) groups is 1. The van der Waals surface area contributed by atoms with Crippen molar-refractivity contribution < 1.29 is 19.7 Å². The molecule has 0 saturated heterocycles. The number of aliphatic hydroxyl groups is 2. The lowest BCUT2D eigenvalue weighted by Gasteiger charge is -2.41. The molecule has 2 unspecified atom stereocenters. The average molecular weight is 254 g/mol. The van der Waals surface area contributed by atoms with Crippen LogP contribution in [0, 0.1) is 5.92 Å². The van der Waals surface area contributed by atoms with Gasteiger partial charge < -0.3 is 14.9 Å². The largest absolute Gasteiger partial charge is 0.512 e. The Morgan fingerprint density at radius 3 is 2.72 bits per heavy atom. The zero-order chi connectivity index (χ0) is 13.6. The van der Waals surface area contributed by atoms with Gasteiger partial charge in [-0.3, -0.25) is 0 Å². The second-order valence-corrected chi connectivity index (χ2v) is 6.56. The van der Waals surface area contributed by atoms with Gasteiger partial charge in [-0.2, -0.15) is 0 Å². The summed E-state index contributed by atoms with van der Waals surface area (Å²) in [6, 6.07) is 0. The number of hydrogen-bond acceptors (Lipinski definition) is 4. The van der Waals surface area contributed by atoms with Gasteiger partial charge in [-0.05, 0) is 52.4 Å². The number of hydrogen-bond donors (Lipinski definition) is 2. The van der Waals surface area contributed by atoms with Crippen molar-refractivity contribution in [2.75, 3.05) is 0 Å². The fourth-order valence-corrected chi connectivity index (χ4v) is 3.01. The van der Waals surface area contributed by atoms with Gasteiger partial charge in [0.15, 0.2) is 0 Å². The Morgan fingerprint density at radius 2 is 2.11 bits per heavy atom. The predicted octanol–water partition coefficient (Wildman–Crippen LogP) is 2.47. The van der Waals surface area contributed by atoms with Crippen molar-refractivity contribution in [2.24, 2.45) is 5.92 Å². The van der Waals surface area contributed by atoms with Crippen molar-refractivity contribution >= 4 is 5.97 Å². The third kappa shape index (κ3) is 2.69. The van der Waals surface area contributed by atoms with Crippen LogP contribution in [-0.4, -0.2) is 27.4 Å². The minimum Gasteiger partial charge on any atom is -0.512 e. The highest BCUT2D eigenvalue weighted by molar-refractivity contribution is 5.90. The predicted molar refractivity (Wildman–Crippen MR) is 67.0 cm³/mol. The summed E-state index contributed by atoms with van der Waals surface area (Å²) < 4.78 is 5.33. The smallest absolute Gasteiger partial charge is 0.338 e. The van der Waals surface area contributed by atoms with Crippen molar-refractivity contribution in [3.05, 3.63) is 11.3 Å². The third-order valence-electron chi connectivity index (χ3n) is 3.66. The van der Waals surface area contributed by atoms with E-state index < -0.39 is 17.2 Å². The van der Waals surface area contributed by atoms with Gasteiger partial charge in [-0.25, -0.2) is 4.79 Å². The fourth-order valence-electron chi connectivity index (χ4n) is 3.01. The van der Waals surface area contributed by atoms with Crippen LogP contribution in [0.3, 0.4) is 0 Å². The molecule has 0 aromatic rings. The standard InChI is InChI=1S/C14H22O4/c1-13(2,3)18-12(16)11-9-5-4-6-14(17,7-9)8-10(11)15/h9,15,17H,4-8H2,1-3H3. The maximum absolute atomic E-state index is 12.1. The number of esters is 1. The van der Waals surface area contributed by atoms with Crippen molar-refractivity contribution in [1.29, 1.82) is 0 Å². The number of rotatable bonds is 1. The Labute approximate surface area is 108 Å². The van der Waals surface area contributed by atoms with E-state index in [2.05, 4.69) is 0 Å². The summed E-state index contributed by atoms with van der Waals surface area (Å²) in [6.07, 6.45) is 3.17. The van der Waals surface area contributed by atoms with Gasteiger partial charge in [0.1, 0.15) is 11.4 Å². The fraction of sp³-hybridized carbons (Fsp3) is 0.786. The Hall–Kier alpha value is -1.03. The van der Waals surface area contributed by atoms with Crippen LogP contribution in [0.4, 0.5) is 0 Å². The molecule has 0 aromatic heterocycles. The van der Waals surface area contributed by atoms with Crippen LogP contribution in [0.1, 0.15) is 52.9 Å². The molecule has 2 atom stereocenters. The van der Waals surface area contributed by atoms with Gasteiger partial charge in [0.25, 0.3) is 0 Å². The maximum atomic E-state index is 12.1. The zero-order valence-electron chi connectivity index (χ0n) is 11.3. The molecule has 1 saturated carbocycles. The maximum Gasteiger partial charge on any atom is 0.338 e. The van der Waals surface area contributed by atoms with Gasteiger partial charge in [-0.1, -0.05) is 0 Å². The molecule has 2 aliphatic rings. The van der Waals surface area contributed by atoms with E-state index in [0.29, 0.717) is 18.4 Å². The highest BCUT2D eigenvalue weighted by Gasteiger charge is 2.44. The van der Waals surface area contributed by atoms with Crippen molar-refractivity contribution in [2.45, 2.75) is 64.1 Å². The van der Waals surface area contributed by atoms with Crippen molar-refractivity contribution in [1.82, 2.24) is 0 Å². The second kappa shape index (κ2) is 4.26. The molecule has 0 amide bonds. The summed E-state index contributed by atoms with van der Waals surface area (Å²) in [4.78, 5) is 12.1. The molecule has 0 spiro atoms. The molecule has 1 fully saturated rings. The monoisotopic (exact) mass is 254 g/mol. The van der Waals surface area contributed by atoms with E-state index in [-0.39, 0.29) is 18.1 Å². The zero-order valence-corrected chi connectivity index (χ0v) is 11.3. The first-order valence-corrected chi connectivity index (χ1v) is 6.58. The topological polar surface area (TPSA) is 66.8 Å². The molecule has 2 N–H and O–H groups in total. The van der Waals surface area contributed by atoms with E-state index in [1.807, 2.05) is 20.8 Å². The lowest BCUT2D eigenvalue weighted by Crippen LogP contribution is -2.42. The minimum absolute atomic E-state index is 0.0164. The quantitative estimate of drug-likeness (QED) is 0.705. The Kier molecular flexibility index (Phi) is 3.18. The summed E-state index contributed by atoms with van der Waals surface area (Å²) in [6.45, 7) is 5.42. The van der Waals surface area contributed by atoms with E-state index in [1.54, 1.807) is 0 Å². The highest BCUT2D eigenvalue weighted by Crippen LogP contribution is 2.45. The van der Waals surface area contributed by atoms with Gasteiger partial charge in [0.2, 0.25) is 0 Å². The van der Waals surface area contributed by atoms with E-state index in [1.165, 1.54) is 0 Å². The molecular weight excluding hydrogens is 232 g/mol. The number of carbonyl (C=O) groups excluding carboxylic acids is 1. The number of ether oxygens (including phenoxy) is 1. The molecular formula is C14H22O4. The van der Waals surface area contributed by atoms with Crippen LogP contribution < -0.4 is 0 Å². The van der Waals surface area contributed by atoms with E-state index in [0.717, 1.165) is 12.8 Å². The molecule has 102 valence electrons. The molecule has 2 rings (SSSR count). The SMILES string of the molecule is CC(C)(C)OC(=O)C1=C(O)CC2(O)CCCC1C2. The Balaban J connectivity index is 2.23. The molecule has 2 aliphatic carbocycles. The summed E-state index contributed by atoms with van der Waals surface area (Å²) in [7, 11) is 0. The molecule has 0 aliphatic heterocycles. The Bertz CT molecular complexity index is 391. The first kappa shape index (κ1) is 13.4. The molecule has 2 bridgehead atoms. The van der Waals surface area contributed by atoms with E-state index in [4.69, 9.17) is 4.74 Å². The third-order valence-corrected chi connectivity index (χ3v) is 3.66. The molecule has 0 radical (unpaired) electrons. The molecule has 4 nitrogen and oxygen atoms in total. The average Bonchev–Trinajstić information content (AvgIpc) is 2.11. The Morgan fingerprint density at radius 1 is 1.44 bits per heavy atom. The summed E-state index contributed by atoms with van der Waals surface area (Å²) in [5.41, 5.74) is -1.00. The first-order chi connectivity index (χ1) is 8.20. The van der Waals surface area contributed by atoms with E-state index >= 15 is 0 Å². The van der Waals surface area contributed by atoms with Gasteiger partial charge in [0, 0.05) is 6.42 Å². The van der Waals surface area contributed by atoms with Gasteiger partial charge in [0.05, 0.1) is 11.2 Å². The van der Waals surface area contributed by atoms with Crippen LogP contribution in [0.5, 0.6) is 0 Å². The molecule has 0 aromatic carbocycles. The summed E-state index contributed by atoms with van der Waals surface area (Å²) in [5, 5.41) is 20.3. The summed E-state index contributed by atoms with van der Waals surface area (Å²) >= 11 is 0. The first-order valence-electron chi connectivity index (χ1n) is 6.58. The lowest BCUT2D eigenvalue weighted by atomic mass is 9.68. The van der Waals surface area contributed by atoms with Gasteiger partial charge >= 0.3 is 5.97 Å². The number of fused-ring (bicyclic) bond motifs is 2. The lowest BCUT2D eigenvalue weighted by molar-refractivity contribution is -0.152. The van der Waals surface area contributed by atoms with Crippen molar-refractivity contribution in [3.8, 4) is 0 Å². The van der Waals surface area contributed by atoms with Crippen LogP contribution in [0.25, 0.3) is 0 Å². The van der Waals surface area contributed by atoms with E-state index in [9.17, 15) is 15.0 Å². The van der Waals surface area contributed by atoms with Crippen molar-refractivity contribution in [3.63, 3.8) is 0 Å². The molecule has 4 heteroatoms. The summed E-state index contributed by atoms with van der Waals surface area (Å²) in [5.74, 6) is -0.482. The second-order valence-electron chi connectivity index (χ2n) is 6.56. The molecule has 0 heterocycles. The normalized spacial score (nSPS) is 32.3. The highest BCUT2D eigenvalue weighted by atomic mass is 16.6. The molecule has 18 heavy (non-hydrogen) atoms. The van der Waals surface area contributed by atoms with Gasteiger partial charge in [-0.15, -0.1) is 0 Å².